The third-order valence-corrected chi connectivity index (χ3v) is 7.72. The van der Waals surface area contributed by atoms with E-state index < -0.39 is 0 Å². The van der Waals surface area contributed by atoms with Crippen molar-refractivity contribution in [1.29, 1.82) is 0 Å². The molecular weight excluding hydrogens is 502 g/mol. The van der Waals surface area contributed by atoms with Crippen molar-refractivity contribution >= 4 is 0 Å². The Morgan fingerprint density at radius 2 is 1.44 bits per heavy atom. The minimum absolute atomic E-state index is 0.785. The summed E-state index contributed by atoms with van der Waals surface area (Å²) in [5.41, 5.74) is 9.90. The molecule has 0 aliphatic rings. The lowest BCUT2D eigenvalue weighted by molar-refractivity contribution is 0.241. The van der Waals surface area contributed by atoms with Crippen LogP contribution in [0.15, 0.2) is 103 Å². The zero-order chi connectivity index (χ0) is 28.6. The average molecular weight is 544 g/mol. The molecule has 0 radical (unpaired) electrons. The number of hydrogen-bond acceptors (Lipinski definition) is 3. The van der Waals surface area contributed by atoms with E-state index in [9.17, 15) is 0 Å². The van der Waals surface area contributed by atoms with Gasteiger partial charge in [0.1, 0.15) is 11.6 Å². The summed E-state index contributed by atoms with van der Waals surface area (Å²) < 4.78 is 7.91. The van der Waals surface area contributed by atoms with Crippen LogP contribution in [0.2, 0.25) is 0 Å². The zero-order valence-electron chi connectivity index (χ0n) is 24.8. The zero-order valence-corrected chi connectivity index (χ0v) is 24.8. The second-order valence-electron chi connectivity index (χ2n) is 10.9. The van der Waals surface area contributed by atoms with Crippen LogP contribution in [-0.2, 0) is 26.2 Å². The Kier molecular flexibility index (Phi) is 9.33. The Bertz CT molecular complexity index is 1540. The molecule has 0 amide bonds. The number of ether oxygens (including phenoxy) is 1. The highest BCUT2D eigenvalue weighted by Gasteiger charge is 2.22. The van der Waals surface area contributed by atoms with Crippen molar-refractivity contribution < 1.29 is 4.74 Å². The Morgan fingerprint density at radius 3 is 2.07 bits per heavy atom. The van der Waals surface area contributed by atoms with Crippen molar-refractivity contribution in [3.63, 3.8) is 0 Å². The first-order valence-electron chi connectivity index (χ1n) is 14.7. The van der Waals surface area contributed by atoms with Crippen molar-refractivity contribution in [1.82, 2.24) is 14.5 Å². The molecule has 5 rings (SSSR count). The molecule has 210 valence electrons. The van der Waals surface area contributed by atoms with Crippen LogP contribution in [0.25, 0.3) is 22.6 Å². The summed E-state index contributed by atoms with van der Waals surface area (Å²) in [5, 5.41) is 0. The van der Waals surface area contributed by atoms with Gasteiger partial charge in [-0.05, 0) is 49.1 Å². The topological polar surface area (TPSA) is 30.3 Å². The third kappa shape index (κ3) is 6.96. The number of methoxy groups -OCH3 is 1. The lowest BCUT2D eigenvalue weighted by Crippen LogP contribution is -2.25. The number of aromatic nitrogens is 2. The van der Waals surface area contributed by atoms with E-state index in [0.29, 0.717) is 0 Å². The van der Waals surface area contributed by atoms with Crippen molar-refractivity contribution in [2.75, 3.05) is 7.11 Å². The van der Waals surface area contributed by atoms with E-state index in [4.69, 9.17) is 9.72 Å². The lowest BCUT2D eigenvalue weighted by Gasteiger charge is -2.25. The van der Waals surface area contributed by atoms with Gasteiger partial charge in [0.15, 0.2) is 0 Å². The van der Waals surface area contributed by atoms with Crippen molar-refractivity contribution in [3.8, 4) is 28.4 Å². The standard InChI is InChI=1S/C37H41N3O/c1-5-6-23-40-35(36(31-13-9-7-10-14-31)38-37(40)32-15-11-8-12-16-32)27-39(25-30-18-21-34(41-4)22-19-30)26-33-20-17-28(2)24-29(33)3/h7-22,24H,5-6,23,25-27H2,1-4H3. The fourth-order valence-electron chi connectivity index (χ4n) is 5.47. The summed E-state index contributed by atoms with van der Waals surface area (Å²) >= 11 is 0. The van der Waals surface area contributed by atoms with Crippen LogP contribution in [-0.4, -0.2) is 21.6 Å². The quantitative estimate of drug-likeness (QED) is 0.157. The van der Waals surface area contributed by atoms with Crippen LogP contribution in [0.5, 0.6) is 5.75 Å². The summed E-state index contributed by atoms with van der Waals surface area (Å²) in [6.07, 6.45) is 2.23. The number of rotatable bonds is 12. The highest BCUT2D eigenvalue weighted by Crippen LogP contribution is 2.32. The Labute approximate surface area is 245 Å². The SMILES string of the molecule is CCCCn1c(-c2ccccc2)nc(-c2ccccc2)c1CN(Cc1ccc(OC)cc1)Cc1ccc(C)cc1C. The summed E-state index contributed by atoms with van der Waals surface area (Å²) in [5.74, 6) is 1.93. The fraction of sp³-hybridized carbons (Fsp3) is 0.270. The third-order valence-electron chi connectivity index (χ3n) is 7.72. The van der Waals surface area contributed by atoms with Gasteiger partial charge in [-0.2, -0.15) is 0 Å². The molecule has 0 atom stereocenters. The van der Waals surface area contributed by atoms with Crippen molar-refractivity contribution in [2.24, 2.45) is 0 Å². The summed E-state index contributed by atoms with van der Waals surface area (Å²) in [4.78, 5) is 7.90. The molecule has 1 aromatic heterocycles. The number of aryl methyl sites for hydroxylation is 2. The Morgan fingerprint density at radius 1 is 0.756 bits per heavy atom. The molecule has 4 aromatic carbocycles. The molecule has 0 bridgehead atoms. The monoisotopic (exact) mass is 543 g/mol. The molecule has 0 spiro atoms. The van der Waals surface area contributed by atoms with E-state index in [1.165, 1.54) is 27.9 Å². The van der Waals surface area contributed by atoms with Crippen molar-refractivity contribution in [3.05, 3.63) is 131 Å². The van der Waals surface area contributed by atoms with Gasteiger partial charge in [-0.3, -0.25) is 4.90 Å². The van der Waals surface area contributed by atoms with Crippen LogP contribution < -0.4 is 4.74 Å². The van der Waals surface area contributed by atoms with E-state index in [2.05, 4.69) is 133 Å². The van der Waals surface area contributed by atoms with Gasteiger partial charge in [0, 0.05) is 37.3 Å². The van der Waals surface area contributed by atoms with Gasteiger partial charge < -0.3 is 9.30 Å². The largest absolute Gasteiger partial charge is 0.497 e. The molecule has 41 heavy (non-hydrogen) atoms. The number of hydrogen-bond donors (Lipinski definition) is 0. The molecule has 4 heteroatoms. The maximum Gasteiger partial charge on any atom is 0.140 e. The van der Waals surface area contributed by atoms with Gasteiger partial charge in [-0.1, -0.05) is 110 Å². The second kappa shape index (κ2) is 13.5. The van der Waals surface area contributed by atoms with Crippen LogP contribution >= 0.6 is 0 Å². The summed E-state index contributed by atoms with van der Waals surface area (Å²) in [6, 6.07) is 36.5. The molecule has 0 N–H and O–H groups in total. The molecule has 4 nitrogen and oxygen atoms in total. The maximum absolute atomic E-state index is 5.43. The predicted octanol–water partition coefficient (Wildman–Crippen LogP) is 8.85. The molecule has 0 aliphatic heterocycles. The molecule has 5 aromatic rings. The van der Waals surface area contributed by atoms with Crippen molar-refractivity contribution in [2.45, 2.75) is 59.8 Å². The fourth-order valence-corrected chi connectivity index (χ4v) is 5.47. The van der Waals surface area contributed by atoms with Crippen LogP contribution in [0.4, 0.5) is 0 Å². The van der Waals surface area contributed by atoms with Gasteiger partial charge >= 0.3 is 0 Å². The normalized spacial score (nSPS) is 11.2. The van der Waals surface area contributed by atoms with E-state index in [1.54, 1.807) is 7.11 Å². The first kappa shape index (κ1) is 28.4. The first-order chi connectivity index (χ1) is 20.1. The van der Waals surface area contributed by atoms with Crippen LogP contribution in [0, 0.1) is 13.8 Å². The lowest BCUT2D eigenvalue weighted by atomic mass is 10.0. The average Bonchev–Trinajstić information content (AvgIpc) is 3.36. The minimum Gasteiger partial charge on any atom is -0.497 e. The smallest absolute Gasteiger partial charge is 0.140 e. The van der Waals surface area contributed by atoms with E-state index >= 15 is 0 Å². The molecular formula is C37H41N3O. The van der Waals surface area contributed by atoms with E-state index in [1.807, 2.05) is 0 Å². The maximum atomic E-state index is 5.43. The second-order valence-corrected chi connectivity index (χ2v) is 10.9. The molecule has 0 saturated heterocycles. The molecule has 0 unspecified atom stereocenters. The van der Waals surface area contributed by atoms with Gasteiger partial charge in [-0.25, -0.2) is 4.98 Å². The van der Waals surface area contributed by atoms with Gasteiger partial charge in [0.25, 0.3) is 0 Å². The number of unbranched alkanes of at least 4 members (excludes halogenated alkanes) is 1. The van der Waals surface area contributed by atoms with Crippen LogP contribution in [0.1, 0.15) is 47.7 Å². The van der Waals surface area contributed by atoms with E-state index in [-0.39, 0.29) is 0 Å². The number of nitrogens with zero attached hydrogens (tertiary/aromatic N) is 3. The first-order valence-corrected chi connectivity index (χ1v) is 14.7. The van der Waals surface area contributed by atoms with Gasteiger partial charge in [0.05, 0.1) is 18.5 Å². The number of benzene rings is 4. The molecule has 1 heterocycles. The summed E-state index contributed by atoms with van der Waals surface area (Å²) in [6.45, 7) is 10.0. The molecule has 0 saturated carbocycles. The van der Waals surface area contributed by atoms with Gasteiger partial charge in [-0.15, -0.1) is 0 Å². The van der Waals surface area contributed by atoms with Gasteiger partial charge in [0.2, 0.25) is 0 Å². The van der Waals surface area contributed by atoms with E-state index in [0.717, 1.165) is 67.4 Å². The van der Waals surface area contributed by atoms with Crippen LogP contribution in [0.3, 0.4) is 0 Å². The number of imidazole rings is 1. The Hall–Kier alpha value is -4.15. The highest BCUT2D eigenvalue weighted by molar-refractivity contribution is 5.68. The minimum atomic E-state index is 0.785. The predicted molar refractivity (Wildman–Crippen MR) is 170 cm³/mol. The highest BCUT2D eigenvalue weighted by atomic mass is 16.5. The summed E-state index contributed by atoms with van der Waals surface area (Å²) in [7, 11) is 1.72. The Balaban J connectivity index is 1.61. The molecule has 0 aliphatic carbocycles. The molecule has 0 fully saturated rings.